The number of rotatable bonds is 6. The molecule has 0 amide bonds. The number of nitrogens with zero attached hydrogens (tertiary/aromatic N) is 1. The maximum atomic E-state index is 11.0. The van der Waals surface area contributed by atoms with E-state index in [1.807, 2.05) is 48.5 Å². The molecule has 1 atom stereocenters. The summed E-state index contributed by atoms with van der Waals surface area (Å²) in [5.41, 5.74) is 1.37. The third kappa shape index (κ3) is 4.62. The highest BCUT2D eigenvalue weighted by Crippen LogP contribution is 2.34. The molecule has 3 aromatic rings. The number of benzene rings is 3. The number of β-amino-alcohol motifs (C(OH)–C–C–N with tert-alkyl or cyclic N) is 1. The van der Waals surface area contributed by atoms with Gasteiger partial charge in [0.15, 0.2) is 0 Å². The number of halogens is 1. The Hall–Kier alpha value is -2.11. The molecule has 30 heavy (non-hydrogen) atoms. The van der Waals surface area contributed by atoms with Crippen molar-refractivity contribution in [3.63, 3.8) is 0 Å². The van der Waals surface area contributed by atoms with E-state index in [1.165, 1.54) is 5.56 Å². The standard InChI is InChI=1S/C25H28ClNO3/c1-30-23-10-8-19-15-20(7-9-21(19)24(23)26)22(28)17-27-13-11-25(29,12-14-27)16-18-5-3-2-4-6-18/h2-10,15,22,28-29H,11-14,16-17H2,1H3. The number of aliphatic hydroxyl groups excluding tert-OH is 1. The monoisotopic (exact) mass is 425 g/mol. The Kier molecular flexibility index (Phi) is 6.30. The van der Waals surface area contributed by atoms with Crippen LogP contribution in [0.25, 0.3) is 10.8 Å². The molecule has 1 aliphatic heterocycles. The van der Waals surface area contributed by atoms with E-state index in [0.29, 0.717) is 36.6 Å². The minimum Gasteiger partial charge on any atom is -0.495 e. The number of piperidine rings is 1. The van der Waals surface area contributed by atoms with Crippen molar-refractivity contribution in [3.05, 3.63) is 76.8 Å². The van der Waals surface area contributed by atoms with Crippen molar-refractivity contribution >= 4 is 22.4 Å². The summed E-state index contributed by atoms with van der Waals surface area (Å²) < 4.78 is 5.28. The van der Waals surface area contributed by atoms with Crippen molar-refractivity contribution in [1.82, 2.24) is 4.90 Å². The van der Waals surface area contributed by atoms with Gasteiger partial charge >= 0.3 is 0 Å². The van der Waals surface area contributed by atoms with E-state index in [1.54, 1.807) is 7.11 Å². The van der Waals surface area contributed by atoms with Crippen LogP contribution in [0, 0.1) is 0 Å². The summed E-state index contributed by atoms with van der Waals surface area (Å²) >= 11 is 6.39. The third-order valence-corrected chi connectivity index (χ3v) is 6.53. The molecule has 1 aliphatic rings. The van der Waals surface area contributed by atoms with Gasteiger partial charge in [-0.1, -0.05) is 60.1 Å². The molecule has 158 valence electrons. The lowest BCUT2D eigenvalue weighted by atomic mass is 9.85. The summed E-state index contributed by atoms with van der Waals surface area (Å²) in [6, 6.07) is 19.8. The molecule has 1 saturated heterocycles. The van der Waals surface area contributed by atoms with E-state index in [-0.39, 0.29) is 0 Å². The van der Waals surface area contributed by atoms with Crippen LogP contribution in [-0.2, 0) is 6.42 Å². The Balaban J connectivity index is 1.38. The van der Waals surface area contributed by atoms with Crippen LogP contribution in [0.5, 0.6) is 5.75 Å². The Bertz CT molecular complexity index is 1000. The van der Waals surface area contributed by atoms with Gasteiger partial charge in [-0.2, -0.15) is 0 Å². The normalized spacial score (nSPS) is 17.7. The molecule has 2 N–H and O–H groups in total. The maximum absolute atomic E-state index is 11.0. The molecule has 1 heterocycles. The second kappa shape index (κ2) is 8.94. The van der Waals surface area contributed by atoms with Crippen LogP contribution in [-0.4, -0.2) is 47.5 Å². The SMILES string of the molecule is COc1ccc2cc(C(O)CN3CCC(O)(Cc4ccccc4)CC3)ccc2c1Cl. The second-order valence-electron chi connectivity index (χ2n) is 8.27. The first-order valence-electron chi connectivity index (χ1n) is 10.4. The van der Waals surface area contributed by atoms with Gasteiger partial charge in [0.1, 0.15) is 5.75 Å². The van der Waals surface area contributed by atoms with Crippen LogP contribution in [0.4, 0.5) is 0 Å². The van der Waals surface area contributed by atoms with Crippen LogP contribution in [0.3, 0.4) is 0 Å². The molecule has 4 nitrogen and oxygen atoms in total. The van der Waals surface area contributed by atoms with Gasteiger partial charge in [-0.25, -0.2) is 0 Å². The molecular weight excluding hydrogens is 398 g/mol. The fourth-order valence-corrected chi connectivity index (χ4v) is 4.62. The zero-order valence-electron chi connectivity index (χ0n) is 17.2. The van der Waals surface area contributed by atoms with Gasteiger partial charge in [-0.15, -0.1) is 0 Å². The smallest absolute Gasteiger partial charge is 0.138 e. The predicted molar refractivity (Wildman–Crippen MR) is 121 cm³/mol. The molecule has 5 heteroatoms. The predicted octanol–water partition coefficient (Wildman–Crippen LogP) is 4.60. The molecule has 0 bridgehead atoms. The van der Waals surface area contributed by atoms with Gasteiger partial charge in [-0.05, 0) is 41.5 Å². The first-order chi connectivity index (χ1) is 14.5. The number of ether oxygens (including phenoxy) is 1. The number of hydrogen-bond acceptors (Lipinski definition) is 4. The zero-order chi connectivity index (χ0) is 21.1. The fourth-order valence-electron chi connectivity index (χ4n) is 4.31. The largest absolute Gasteiger partial charge is 0.495 e. The lowest BCUT2D eigenvalue weighted by Gasteiger charge is -2.39. The van der Waals surface area contributed by atoms with Crippen molar-refractivity contribution in [2.24, 2.45) is 0 Å². The molecule has 4 rings (SSSR count). The highest BCUT2D eigenvalue weighted by atomic mass is 35.5. The Morgan fingerprint density at radius 3 is 2.50 bits per heavy atom. The van der Waals surface area contributed by atoms with E-state index in [2.05, 4.69) is 17.0 Å². The minimum atomic E-state index is -0.665. The van der Waals surface area contributed by atoms with Gasteiger partial charge in [0.25, 0.3) is 0 Å². The summed E-state index contributed by atoms with van der Waals surface area (Å²) in [5.74, 6) is 0.647. The van der Waals surface area contributed by atoms with Gasteiger partial charge in [0.2, 0.25) is 0 Å². The summed E-state index contributed by atoms with van der Waals surface area (Å²) in [4.78, 5) is 2.23. The number of fused-ring (bicyclic) bond motifs is 1. The second-order valence-corrected chi connectivity index (χ2v) is 8.64. The number of aliphatic hydroxyl groups is 2. The Morgan fingerprint density at radius 1 is 1.07 bits per heavy atom. The van der Waals surface area contributed by atoms with Crippen LogP contribution in [0.1, 0.15) is 30.1 Å². The van der Waals surface area contributed by atoms with Crippen molar-refractivity contribution in [1.29, 1.82) is 0 Å². The number of methoxy groups -OCH3 is 1. The molecule has 0 radical (unpaired) electrons. The number of likely N-dealkylation sites (tertiary alicyclic amines) is 1. The van der Waals surface area contributed by atoms with Gasteiger partial charge in [0.05, 0.1) is 23.8 Å². The van der Waals surface area contributed by atoms with Crippen LogP contribution >= 0.6 is 11.6 Å². The van der Waals surface area contributed by atoms with E-state index in [0.717, 1.165) is 29.4 Å². The number of hydrogen-bond donors (Lipinski definition) is 2. The van der Waals surface area contributed by atoms with Gasteiger partial charge in [0, 0.05) is 31.4 Å². The van der Waals surface area contributed by atoms with Crippen molar-refractivity contribution < 1.29 is 14.9 Å². The van der Waals surface area contributed by atoms with Crippen molar-refractivity contribution in [2.75, 3.05) is 26.7 Å². The van der Waals surface area contributed by atoms with E-state index in [4.69, 9.17) is 16.3 Å². The van der Waals surface area contributed by atoms with Crippen LogP contribution in [0.15, 0.2) is 60.7 Å². The third-order valence-electron chi connectivity index (χ3n) is 6.14. The average molecular weight is 426 g/mol. The Labute approximate surface area is 182 Å². The first-order valence-corrected chi connectivity index (χ1v) is 10.8. The topological polar surface area (TPSA) is 52.9 Å². The van der Waals surface area contributed by atoms with Crippen molar-refractivity contribution in [3.8, 4) is 5.75 Å². The quantitative estimate of drug-likeness (QED) is 0.605. The lowest BCUT2D eigenvalue weighted by molar-refractivity contribution is -0.0295. The maximum Gasteiger partial charge on any atom is 0.138 e. The highest BCUT2D eigenvalue weighted by Gasteiger charge is 2.33. The van der Waals surface area contributed by atoms with Crippen LogP contribution in [0.2, 0.25) is 5.02 Å². The van der Waals surface area contributed by atoms with Gasteiger partial charge in [-0.3, -0.25) is 0 Å². The van der Waals surface area contributed by atoms with E-state index in [9.17, 15) is 10.2 Å². The Morgan fingerprint density at radius 2 is 1.80 bits per heavy atom. The molecule has 1 unspecified atom stereocenters. The first kappa shape index (κ1) is 21.1. The highest BCUT2D eigenvalue weighted by molar-refractivity contribution is 6.37. The summed E-state index contributed by atoms with van der Waals surface area (Å²) in [6.45, 7) is 2.10. The van der Waals surface area contributed by atoms with Crippen LogP contribution < -0.4 is 4.74 Å². The molecule has 3 aromatic carbocycles. The summed E-state index contributed by atoms with van der Waals surface area (Å²) in [6.07, 6.45) is 1.51. The lowest BCUT2D eigenvalue weighted by Crippen LogP contribution is -2.46. The molecule has 0 spiro atoms. The fraction of sp³-hybridized carbons (Fsp3) is 0.360. The molecule has 0 aromatic heterocycles. The molecular formula is C25H28ClNO3. The average Bonchev–Trinajstić information content (AvgIpc) is 2.76. The molecule has 0 saturated carbocycles. The van der Waals surface area contributed by atoms with Gasteiger partial charge < -0.3 is 19.8 Å². The summed E-state index contributed by atoms with van der Waals surface area (Å²) in [7, 11) is 1.60. The summed E-state index contributed by atoms with van der Waals surface area (Å²) in [5, 5.41) is 24.3. The molecule has 1 fully saturated rings. The minimum absolute atomic E-state index is 0.552. The zero-order valence-corrected chi connectivity index (χ0v) is 18.0. The van der Waals surface area contributed by atoms with E-state index >= 15 is 0 Å². The van der Waals surface area contributed by atoms with E-state index < -0.39 is 11.7 Å². The van der Waals surface area contributed by atoms with Crippen molar-refractivity contribution in [2.45, 2.75) is 31.0 Å². The molecule has 0 aliphatic carbocycles.